The molecule has 4 aliphatic rings. The van der Waals surface area contributed by atoms with Gasteiger partial charge in [0.15, 0.2) is 5.60 Å². The number of carbonyl (C=O) groups is 3. The van der Waals surface area contributed by atoms with Crippen LogP contribution in [-0.2, 0) is 24.7 Å². The number of anilines is 2. The minimum atomic E-state index is -2.49. The quantitative estimate of drug-likeness (QED) is 0.176. The summed E-state index contributed by atoms with van der Waals surface area (Å²) in [5.41, 5.74) is 3.47. The Labute approximate surface area is 329 Å². The van der Waals surface area contributed by atoms with E-state index in [4.69, 9.17) is 9.47 Å². The van der Waals surface area contributed by atoms with Crippen molar-refractivity contribution >= 4 is 42.4 Å². The van der Waals surface area contributed by atoms with E-state index in [1.165, 1.54) is 16.3 Å². The number of ether oxygens (including phenoxy) is 2. The molecule has 3 saturated heterocycles. The van der Waals surface area contributed by atoms with Gasteiger partial charge in [-0.2, -0.15) is 0 Å². The predicted molar refractivity (Wildman–Crippen MR) is 223 cm³/mol. The molecule has 3 fully saturated rings. The number of aliphatic hydroxyl groups is 1. The van der Waals surface area contributed by atoms with Crippen LogP contribution in [0, 0.1) is 5.92 Å². The third kappa shape index (κ3) is 8.10. The SMILES string of the molecule is COc1ccc([Si](C)(C)[C@@H]2[C@@H](CC(=O)N3CCC[C@H]3CO)O[C@]3(C(=O)N(C/C=C(\C)CCC=C(C)C)c4ccc(N5CCCCCCC5=O)cc43)[C@H]2C)cc1. The van der Waals surface area contributed by atoms with Crippen molar-refractivity contribution in [2.75, 3.05) is 43.2 Å². The fraction of sp³-hybridized carbons (Fsp3) is 0.578. The molecule has 5 atom stereocenters. The van der Waals surface area contributed by atoms with Crippen molar-refractivity contribution in [2.45, 2.75) is 128 Å². The fourth-order valence-corrected chi connectivity index (χ4v) is 13.9. The molecule has 10 heteroatoms. The monoisotopic (exact) mass is 769 g/mol. The van der Waals surface area contributed by atoms with Gasteiger partial charge in [-0.3, -0.25) is 14.4 Å². The van der Waals surface area contributed by atoms with Crippen molar-refractivity contribution in [2.24, 2.45) is 5.92 Å². The number of hydrogen-bond acceptors (Lipinski definition) is 6. The van der Waals surface area contributed by atoms with E-state index in [9.17, 15) is 14.7 Å². The topological polar surface area (TPSA) is 99.6 Å². The number of carbonyl (C=O) groups excluding carboxylic acids is 3. The Hall–Kier alpha value is -3.73. The average molecular weight is 770 g/mol. The molecule has 1 N–H and O–H groups in total. The van der Waals surface area contributed by atoms with Crippen LogP contribution >= 0.6 is 0 Å². The van der Waals surface area contributed by atoms with Gasteiger partial charge in [0.1, 0.15) is 5.75 Å². The number of fused-ring (bicyclic) bond motifs is 2. The Morgan fingerprint density at radius 2 is 1.75 bits per heavy atom. The molecule has 2 aromatic rings. The predicted octanol–water partition coefficient (Wildman–Crippen LogP) is 7.62. The average Bonchev–Trinajstić information content (AvgIpc) is 3.82. The molecule has 3 amide bonds. The Balaban J connectivity index is 1.45. The molecule has 0 aliphatic carbocycles. The summed E-state index contributed by atoms with van der Waals surface area (Å²) in [7, 11) is -0.825. The number of hydrogen-bond donors (Lipinski definition) is 1. The summed E-state index contributed by atoms with van der Waals surface area (Å²) < 4.78 is 12.9. The van der Waals surface area contributed by atoms with Gasteiger partial charge in [-0.1, -0.05) is 73.5 Å². The summed E-state index contributed by atoms with van der Waals surface area (Å²) in [6, 6.07) is 14.1. The van der Waals surface area contributed by atoms with Crippen molar-refractivity contribution in [1.29, 1.82) is 0 Å². The van der Waals surface area contributed by atoms with Crippen LogP contribution in [0.4, 0.5) is 11.4 Å². The lowest BCUT2D eigenvalue weighted by molar-refractivity contribution is -0.149. The Bertz CT molecular complexity index is 1780. The molecule has 0 aromatic heterocycles. The normalized spacial score (nSPS) is 26.0. The van der Waals surface area contributed by atoms with Crippen molar-refractivity contribution in [3.05, 3.63) is 71.3 Å². The molecular formula is C45H63N3O6Si. The van der Waals surface area contributed by atoms with E-state index in [1.807, 2.05) is 39.0 Å². The van der Waals surface area contributed by atoms with Crippen LogP contribution in [0.15, 0.2) is 65.8 Å². The maximum atomic E-state index is 15.4. The molecule has 55 heavy (non-hydrogen) atoms. The number of allylic oxidation sites excluding steroid dienone is 3. The van der Waals surface area contributed by atoms with Crippen LogP contribution in [0.25, 0.3) is 0 Å². The molecule has 4 heterocycles. The zero-order valence-electron chi connectivity index (χ0n) is 34.2. The minimum absolute atomic E-state index is 0.0345. The highest BCUT2D eigenvalue weighted by molar-refractivity contribution is 6.91. The molecule has 0 unspecified atom stereocenters. The first kappa shape index (κ1) is 40.9. The zero-order chi connectivity index (χ0) is 39.5. The third-order valence-electron chi connectivity index (χ3n) is 13.0. The lowest BCUT2D eigenvalue weighted by Crippen LogP contribution is -2.52. The highest BCUT2D eigenvalue weighted by atomic mass is 28.3. The van der Waals surface area contributed by atoms with E-state index < -0.39 is 19.8 Å². The van der Waals surface area contributed by atoms with Crippen LogP contribution in [0.3, 0.4) is 0 Å². The van der Waals surface area contributed by atoms with E-state index >= 15 is 4.79 Å². The molecule has 9 nitrogen and oxygen atoms in total. The first-order valence-electron chi connectivity index (χ1n) is 20.6. The van der Waals surface area contributed by atoms with Gasteiger partial charge in [0.25, 0.3) is 5.91 Å². The van der Waals surface area contributed by atoms with E-state index in [0.29, 0.717) is 26.1 Å². The summed E-state index contributed by atoms with van der Waals surface area (Å²) >= 11 is 0. The number of nitrogens with zero attached hydrogens (tertiary/aromatic N) is 3. The summed E-state index contributed by atoms with van der Waals surface area (Å²) in [5, 5.41) is 11.3. The lowest BCUT2D eigenvalue weighted by atomic mass is 9.82. The van der Waals surface area contributed by atoms with Crippen LogP contribution in [0.2, 0.25) is 18.6 Å². The number of likely N-dealkylation sites (tertiary alicyclic amines) is 1. The molecule has 298 valence electrons. The molecular weight excluding hydrogens is 707 g/mol. The van der Waals surface area contributed by atoms with Gasteiger partial charge < -0.3 is 29.3 Å². The Kier molecular flexibility index (Phi) is 12.8. The summed E-state index contributed by atoms with van der Waals surface area (Å²) in [5.74, 6) is 0.478. The largest absolute Gasteiger partial charge is 0.497 e. The van der Waals surface area contributed by atoms with Gasteiger partial charge in [-0.25, -0.2) is 0 Å². The zero-order valence-corrected chi connectivity index (χ0v) is 35.2. The van der Waals surface area contributed by atoms with Crippen LogP contribution < -0.4 is 19.7 Å². The molecule has 0 bridgehead atoms. The standard InChI is InChI=1S/C45H63N3O6Si/c1-31(2)14-12-15-32(3)24-27-48-39-23-18-34(46-25-11-9-8-10-17-41(46)50)28-38(39)45(44(48)52)33(4)43(55(6,7)37-21-19-36(53-5)20-22-37)40(54-45)29-42(51)47-26-13-16-35(47)30-49/h14,18-24,28,33,35,40,43,49H,8-13,15-17,25-27,29-30H2,1-7H3/b32-24+/t33-,35-,40+,43-,45+/m0/s1. The van der Waals surface area contributed by atoms with Gasteiger partial charge in [0.05, 0.1) is 46.0 Å². The molecule has 1 spiro atoms. The van der Waals surface area contributed by atoms with Crippen LogP contribution in [-0.4, -0.2) is 81.3 Å². The van der Waals surface area contributed by atoms with E-state index in [-0.39, 0.29) is 48.3 Å². The van der Waals surface area contributed by atoms with Gasteiger partial charge in [0, 0.05) is 43.2 Å². The second kappa shape index (κ2) is 17.2. The number of benzene rings is 2. The van der Waals surface area contributed by atoms with Gasteiger partial charge in [0.2, 0.25) is 11.8 Å². The van der Waals surface area contributed by atoms with E-state index in [1.54, 1.807) is 7.11 Å². The fourth-order valence-electron chi connectivity index (χ4n) is 9.86. The van der Waals surface area contributed by atoms with Crippen LogP contribution in [0.1, 0.15) is 97.5 Å². The van der Waals surface area contributed by atoms with Crippen molar-refractivity contribution in [1.82, 2.24) is 4.90 Å². The number of amides is 3. The highest BCUT2D eigenvalue weighted by Gasteiger charge is 2.66. The van der Waals surface area contributed by atoms with Crippen molar-refractivity contribution in [3.8, 4) is 5.75 Å². The summed E-state index contributed by atoms with van der Waals surface area (Å²) in [6.45, 7) is 14.8. The summed E-state index contributed by atoms with van der Waals surface area (Å²) in [6.07, 6.45) is 12.0. The van der Waals surface area contributed by atoms with E-state index in [2.05, 4.69) is 71.1 Å². The molecule has 4 aliphatic heterocycles. The third-order valence-corrected chi connectivity index (χ3v) is 17.3. The molecule has 6 rings (SSSR count). The number of methoxy groups -OCH3 is 1. The maximum Gasteiger partial charge on any atom is 0.264 e. The second-order valence-corrected chi connectivity index (χ2v) is 21.8. The molecule has 0 radical (unpaired) electrons. The maximum absolute atomic E-state index is 15.4. The molecule has 0 saturated carbocycles. The second-order valence-electron chi connectivity index (χ2n) is 17.1. The van der Waals surface area contributed by atoms with Gasteiger partial charge in [-0.05, 0) is 95.2 Å². The number of aliphatic hydroxyl groups excluding tert-OH is 1. The van der Waals surface area contributed by atoms with E-state index in [0.717, 1.165) is 74.1 Å². The highest BCUT2D eigenvalue weighted by Crippen LogP contribution is 2.60. The summed E-state index contributed by atoms with van der Waals surface area (Å²) in [4.78, 5) is 48.8. The molecule has 2 aromatic carbocycles. The Morgan fingerprint density at radius 1 is 1.00 bits per heavy atom. The first-order chi connectivity index (χ1) is 26.3. The first-order valence-corrected chi connectivity index (χ1v) is 23.7. The Morgan fingerprint density at radius 3 is 2.45 bits per heavy atom. The van der Waals surface area contributed by atoms with Crippen molar-refractivity contribution in [3.63, 3.8) is 0 Å². The lowest BCUT2D eigenvalue weighted by Gasteiger charge is -2.37. The van der Waals surface area contributed by atoms with Crippen LogP contribution in [0.5, 0.6) is 5.75 Å². The minimum Gasteiger partial charge on any atom is -0.497 e. The van der Waals surface area contributed by atoms with Gasteiger partial charge in [-0.15, -0.1) is 0 Å². The smallest absolute Gasteiger partial charge is 0.264 e. The van der Waals surface area contributed by atoms with Crippen molar-refractivity contribution < 1.29 is 29.0 Å². The van der Waals surface area contributed by atoms with Gasteiger partial charge >= 0.3 is 0 Å². The number of rotatable bonds is 12.